The fourth-order valence-corrected chi connectivity index (χ4v) is 2.54. The monoisotopic (exact) mass is 315 g/mol. The number of phenolic OH excluding ortho intramolecular Hbond substituents is 2. The molecule has 0 aromatic heterocycles. The van der Waals surface area contributed by atoms with Crippen LogP contribution in [0.3, 0.4) is 0 Å². The minimum Gasteiger partial charge on any atom is -0.508 e. The Kier molecular flexibility index (Phi) is 5.47. The van der Waals surface area contributed by atoms with Crippen LogP contribution in [0.15, 0.2) is 18.2 Å². The SMILES string of the molecule is CC(C)CC(Br)CNC(=O)c1cc(O)cc(O)c1. The number of benzene rings is 1. The lowest BCUT2D eigenvalue weighted by molar-refractivity contribution is 0.0952. The van der Waals surface area contributed by atoms with E-state index in [0.29, 0.717) is 12.5 Å². The number of alkyl halides is 1. The van der Waals surface area contributed by atoms with Gasteiger partial charge >= 0.3 is 0 Å². The fourth-order valence-electron chi connectivity index (χ4n) is 1.63. The summed E-state index contributed by atoms with van der Waals surface area (Å²) >= 11 is 3.49. The highest BCUT2D eigenvalue weighted by atomic mass is 79.9. The third kappa shape index (κ3) is 4.96. The van der Waals surface area contributed by atoms with Crippen molar-refractivity contribution in [1.29, 1.82) is 0 Å². The summed E-state index contributed by atoms with van der Waals surface area (Å²) in [6.07, 6.45) is 0.964. The zero-order valence-electron chi connectivity index (χ0n) is 10.5. The summed E-state index contributed by atoms with van der Waals surface area (Å²) in [6.45, 7) is 4.74. The molecule has 0 fully saturated rings. The van der Waals surface area contributed by atoms with Crippen LogP contribution in [-0.2, 0) is 0 Å². The Bertz CT molecular complexity index is 400. The van der Waals surface area contributed by atoms with Gasteiger partial charge in [0.15, 0.2) is 0 Å². The number of hydrogen-bond donors (Lipinski definition) is 3. The predicted molar refractivity (Wildman–Crippen MR) is 74.3 cm³/mol. The van der Waals surface area contributed by atoms with E-state index in [-0.39, 0.29) is 27.8 Å². The molecule has 0 heterocycles. The van der Waals surface area contributed by atoms with Crippen molar-refractivity contribution in [3.8, 4) is 11.5 Å². The fraction of sp³-hybridized carbons (Fsp3) is 0.462. The first-order chi connectivity index (χ1) is 8.38. The molecule has 0 aliphatic heterocycles. The molecule has 4 nitrogen and oxygen atoms in total. The largest absolute Gasteiger partial charge is 0.508 e. The molecule has 1 aromatic rings. The Balaban J connectivity index is 2.55. The van der Waals surface area contributed by atoms with Crippen LogP contribution in [0.5, 0.6) is 11.5 Å². The van der Waals surface area contributed by atoms with Gasteiger partial charge in [0.2, 0.25) is 0 Å². The van der Waals surface area contributed by atoms with Crippen molar-refractivity contribution in [2.75, 3.05) is 6.54 Å². The Morgan fingerprint density at radius 2 is 1.83 bits per heavy atom. The van der Waals surface area contributed by atoms with Gasteiger partial charge in [0, 0.05) is 23.0 Å². The van der Waals surface area contributed by atoms with E-state index in [1.807, 2.05) is 0 Å². The molecule has 0 aliphatic carbocycles. The highest BCUT2D eigenvalue weighted by Crippen LogP contribution is 2.20. The molecule has 5 heteroatoms. The normalized spacial score (nSPS) is 12.4. The summed E-state index contributed by atoms with van der Waals surface area (Å²) in [5, 5.41) is 21.3. The van der Waals surface area contributed by atoms with Crippen LogP contribution in [0.25, 0.3) is 0 Å². The summed E-state index contributed by atoms with van der Waals surface area (Å²) in [4.78, 5) is 12.0. The molecular formula is C13H18BrNO3. The van der Waals surface area contributed by atoms with Crippen molar-refractivity contribution in [2.45, 2.75) is 25.1 Å². The van der Waals surface area contributed by atoms with Crippen molar-refractivity contribution in [1.82, 2.24) is 5.32 Å². The van der Waals surface area contributed by atoms with E-state index in [9.17, 15) is 15.0 Å². The second-order valence-electron chi connectivity index (χ2n) is 4.67. The van der Waals surface area contributed by atoms with Gasteiger partial charge in [0.1, 0.15) is 11.5 Å². The molecule has 0 aliphatic rings. The molecule has 0 spiro atoms. The molecule has 0 saturated heterocycles. The highest BCUT2D eigenvalue weighted by molar-refractivity contribution is 9.09. The maximum absolute atomic E-state index is 11.8. The Hall–Kier alpha value is -1.23. The van der Waals surface area contributed by atoms with Crippen molar-refractivity contribution >= 4 is 21.8 Å². The molecule has 18 heavy (non-hydrogen) atoms. The molecule has 0 bridgehead atoms. The average Bonchev–Trinajstić information content (AvgIpc) is 2.23. The lowest BCUT2D eigenvalue weighted by atomic mass is 10.1. The van der Waals surface area contributed by atoms with Gasteiger partial charge < -0.3 is 15.5 Å². The summed E-state index contributed by atoms with van der Waals surface area (Å²) in [7, 11) is 0. The van der Waals surface area contributed by atoms with Crippen LogP contribution in [0, 0.1) is 5.92 Å². The van der Waals surface area contributed by atoms with Crippen molar-refractivity contribution < 1.29 is 15.0 Å². The number of carbonyl (C=O) groups is 1. The van der Waals surface area contributed by atoms with Crippen LogP contribution in [-0.4, -0.2) is 27.5 Å². The highest BCUT2D eigenvalue weighted by Gasteiger charge is 2.11. The van der Waals surface area contributed by atoms with Gasteiger partial charge in [-0.25, -0.2) is 0 Å². The van der Waals surface area contributed by atoms with E-state index in [1.165, 1.54) is 18.2 Å². The molecule has 1 aromatic carbocycles. The van der Waals surface area contributed by atoms with Gasteiger partial charge in [-0.15, -0.1) is 0 Å². The number of aromatic hydroxyl groups is 2. The van der Waals surface area contributed by atoms with Crippen LogP contribution >= 0.6 is 15.9 Å². The van der Waals surface area contributed by atoms with E-state index in [1.54, 1.807) is 0 Å². The number of phenols is 2. The molecule has 1 atom stereocenters. The Morgan fingerprint density at radius 1 is 1.28 bits per heavy atom. The van der Waals surface area contributed by atoms with Gasteiger partial charge in [-0.1, -0.05) is 29.8 Å². The van der Waals surface area contributed by atoms with E-state index in [2.05, 4.69) is 35.1 Å². The molecular weight excluding hydrogens is 298 g/mol. The van der Waals surface area contributed by atoms with Crippen LogP contribution < -0.4 is 5.32 Å². The lowest BCUT2D eigenvalue weighted by Crippen LogP contribution is -2.30. The third-order valence-corrected chi connectivity index (χ3v) is 3.07. The van der Waals surface area contributed by atoms with Crippen LogP contribution in [0.2, 0.25) is 0 Å². The van der Waals surface area contributed by atoms with Crippen LogP contribution in [0.4, 0.5) is 0 Å². The molecule has 0 radical (unpaired) electrons. The predicted octanol–water partition coefficient (Wildman–Crippen LogP) is 2.64. The van der Waals surface area contributed by atoms with Gasteiger partial charge in [-0.2, -0.15) is 0 Å². The first-order valence-corrected chi connectivity index (χ1v) is 6.75. The van der Waals surface area contributed by atoms with Gasteiger partial charge in [0.05, 0.1) is 0 Å². The maximum Gasteiger partial charge on any atom is 0.251 e. The minimum atomic E-state index is -0.311. The van der Waals surface area contributed by atoms with E-state index in [0.717, 1.165) is 6.42 Å². The second-order valence-corrected chi connectivity index (χ2v) is 5.97. The number of rotatable bonds is 5. The van der Waals surface area contributed by atoms with Gasteiger partial charge in [-0.3, -0.25) is 4.79 Å². The van der Waals surface area contributed by atoms with Crippen molar-refractivity contribution in [2.24, 2.45) is 5.92 Å². The molecule has 1 amide bonds. The van der Waals surface area contributed by atoms with Crippen molar-refractivity contribution in [3.05, 3.63) is 23.8 Å². The zero-order valence-corrected chi connectivity index (χ0v) is 12.1. The van der Waals surface area contributed by atoms with E-state index >= 15 is 0 Å². The second kappa shape index (κ2) is 6.64. The Morgan fingerprint density at radius 3 is 2.33 bits per heavy atom. The summed E-state index contributed by atoms with van der Waals surface area (Å²) < 4.78 is 0. The summed E-state index contributed by atoms with van der Waals surface area (Å²) in [5.41, 5.74) is 0.247. The summed E-state index contributed by atoms with van der Waals surface area (Å²) in [5.74, 6) is -0.0130. The molecule has 0 saturated carbocycles. The third-order valence-electron chi connectivity index (χ3n) is 2.38. The van der Waals surface area contributed by atoms with E-state index in [4.69, 9.17) is 0 Å². The first kappa shape index (κ1) is 14.8. The average molecular weight is 316 g/mol. The Labute approximate surface area is 115 Å². The minimum absolute atomic E-state index is 0.127. The molecule has 3 N–H and O–H groups in total. The number of carbonyl (C=O) groups excluding carboxylic acids is 1. The zero-order chi connectivity index (χ0) is 13.7. The van der Waals surface area contributed by atoms with Gasteiger partial charge in [0.25, 0.3) is 5.91 Å². The number of halogens is 1. The van der Waals surface area contributed by atoms with Gasteiger partial charge in [-0.05, 0) is 24.5 Å². The topological polar surface area (TPSA) is 69.6 Å². The smallest absolute Gasteiger partial charge is 0.251 e. The summed E-state index contributed by atoms with van der Waals surface area (Å²) in [6, 6.07) is 3.82. The molecule has 1 unspecified atom stereocenters. The number of amides is 1. The maximum atomic E-state index is 11.8. The molecule has 100 valence electrons. The lowest BCUT2D eigenvalue weighted by Gasteiger charge is -2.13. The standard InChI is InChI=1S/C13H18BrNO3/c1-8(2)3-10(14)7-15-13(18)9-4-11(16)6-12(17)5-9/h4-6,8,10,16-17H,3,7H2,1-2H3,(H,15,18). The van der Waals surface area contributed by atoms with E-state index < -0.39 is 0 Å². The number of hydrogen-bond acceptors (Lipinski definition) is 3. The quantitative estimate of drug-likeness (QED) is 0.732. The van der Waals surface area contributed by atoms with Crippen LogP contribution in [0.1, 0.15) is 30.6 Å². The molecule has 1 rings (SSSR count). The number of nitrogens with one attached hydrogen (secondary N) is 1. The van der Waals surface area contributed by atoms with Crippen molar-refractivity contribution in [3.63, 3.8) is 0 Å². The first-order valence-electron chi connectivity index (χ1n) is 5.83.